The minimum absolute atomic E-state index is 0.0698. The number of fused-ring (bicyclic) bond motifs is 1. The number of methoxy groups -OCH3 is 2. The molecule has 0 saturated carbocycles. The van der Waals surface area contributed by atoms with Gasteiger partial charge in [0.05, 0.1) is 26.7 Å². The van der Waals surface area contributed by atoms with Crippen LogP contribution in [-0.2, 0) is 11.2 Å². The molecular formula is C20H23NO5. The van der Waals surface area contributed by atoms with Crippen molar-refractivity contribution < 1.29 is 23.7 Å². The van der Waals surface area contributed by atoms with Crippen molar-refractivity contribution in [3.63, 3.8) is 0 Å². The number of rotatable bonds is 6. The van der Waals surface area contributed by atoms with Crippen molar-refractivity contribution in [1.29, 1.82) is 0 Å². The van der Waals surface area contributed by atoms with Gasteiger partial charge in [-0.25, -0.2) is 0 Å². The fourth-order valence-electron chi connectivity index (χ4n) is 2.88. The van der Waals surface area contributed by atoms with Crippen molar-refractivity contribution in [2.45, 2.75) is 19.4 Å². The highest BCUT2D eigenvalue weighted by Gasteiger charge is 2.16. The van der Waals surface area contributed by atoms with Crippen LogP contribution < -0.4 is 24.3 Å². The summed E-state index contributed by atoms with van der Waals surface area (Å²) < 4.78 is 21.6. The Labute approximate surface area is 153 Å². The fourth-order valence-corrected chi connectivity index (χ4v) is 2.88. The number of amides is 1. The van der Waals surface area contributed by atoms with E-state index in [1.165, 1.54) is 0 Å². The quantitative estimate of drug-likeness (QED) is 0.861. The lowest BCUT2D eigenvalue weighted by Gasteiger charge is -2.21. The van der Waals surface area contributed by atoms with E-state index in [1.807, 2.05) is 37.3 Å². The monoisotopic (exact) mass is 357 g/mol. The SMILES string of the molecule is COc1ccc(CC(=O)NC(C)c2ccc3c(c2)OCCO3)cc1OC. The minimum Gasteiger partial charge on any atom is -0.493 e. The summed E-state index contributed by atoms with van der Waals surface area (Å²) in [5.74, 6) is 2.64. The molecule has 6 heteroatoms. The van der Waals surface area contributed by atoms with E-state index in [0.717, 1.165) is 22.6 Å². The van der Waals surface area contributed by atoms with E-state index in [4.69, 9.17) is 18.9 Å². The lowest BCUT2D eigenvalue weighted by atomic mass is 10.1. The number of benzene rings is 2. The number of ether oxygens (including phenoxy) is 4. The average molecular weight is 357 g/mol. The van der Waals surface area contributed by atoms with Crippen LogP contribution in [0, 0.1) is 0 Å². The Kier molecular flexibility index (Phi) is 5.51. The number of nitrogens with one attached hydrogen (secondary N) is 1. The standard InChI is InChI=1S/C20H23NO5/c1-13(15-5-7-17-19(12-15)26-9-8-25-17)21-20(22)11-14-4-6-16(23-2)18(10-14)24-3/h4-7,10,12-13H,8-9,11H2,1-3H3,(H,21,22). The molecule has 0 bridgehead atoms. The molecule has 2 aromatic rings. The highest BCUT2D eigenvalue weighted by atomic mass is 16.6. The van der Waals surface area contributed by atoms with Gasteiger partial charge in [-0.3, -0.25) is 4.79 Å². The first kappa shape index (κ1) is 17.9. The number of hydrogen-bond acceptors (Lipinski definition) is 5. The molecule has 2 aromatic carbocycles. The third-order valence-electron chi connectivity index (χ3n) is 4.26. The van der Waals surface area contributed by atoms with Crippen molar-refractivity contribution in [1.82, 2.24) is 5.32 Å². The maximum absolute atomic E-state index is 12.4. The zero-order chi connectivity index (χ0) is 18.5. The Morgan fingerprint density at radius 2 is 1.77 bits per heavy atom. The van der Waals surface area contributed by atoms with Gasteiger partial charge in [0.1, 0.15) is 13.2 Å². The Hall–Kier alpha value is -2.89. The van der Waals surface area contributed by atoms with Crippen molar-refractivity contribution >= 4 is 5.91 Å². The van der Waals surface area contributed by atoms with Crippen LogP contribution >= 0.6 is 0 Å². The van der Waals surface area contributed by atoms with E-state index in [2.05, 4.69) is 5.32 Å². The van der Waals surface area contributed by atoms with Crippen LogP contribution in [0.3, 0.4) is 0 Å². The second kappa shape index (κ2) is 7.99. The summed E-state index contributed by atoms with van der Waals surface area (Å²) in [6.07, 6.45) is 0.259. The van der Waals surface area contributed by atoms with E-state index in [1.54, 1.807) is 20.3 Å². The molecule has 3 rings (SSSR count). The maximum atomic E-state index is 12.4. The predicted molar refractivity (Wildman–Crippen MR) is 97.2 cm³/mol. The summed E-state index contributed by atoms with van der Waals surface area (Å²) >= 11 is 0. The highest BCUT2D eigenvalue weighted by Crippen LogP contribution is 2.32. The first-order valence-corrected chi connectivity index (χ1v) is 8.50. The van der Waals surface area contributed by atoms with E-state index in [-0.39, 0.29) is 18.4 Å². The smallest absolute Gasteiger partial charge is 0.224 e. The highest BCUT2D eigenvalue weighted by molar-refractivity contribution is 5.79. The lowest BCUT2D eigenvalue weighted by molar-refractivity contribution is -0.121. The van der Waals surface area contributed by atoms with Crippen molar-refractivity contribution in [3.05, 3.63) is 47.5 Å². The third-order valence-corrected chi connectivity index (χ3v) is 4.26. The van der Waals surface area contributed by atoms with Gasteiger partial charge < -0.3 is 24.3 Å². The van der Waals surface area contributed by atoms with Crippen LogP contribution in [0.1, 0.15) is 24.1 Å². The van der Waals surface area contributed by atoms with Crippen LogP contribution in [0.4, 0.5) is 0 Å². The van der Waals surface area contributed by atoms with Gasteiger partial charge in [-0.05, 0) is 42.3 Å². The summed E-state index contributed by atoms with van der Waals surface area (Å²) in [7, 11) is 3.16. The molecule has 1 aliphatic heterocycles. The Bertz CT molecular complexity index is 790. The molecule has 0 fully saturated rings. The van der Waals surface area contributed by atoms with Gasteiger partial charge in [0.15, 0.2) is 23.0 Å². The summed E-state index contributed by atoms with van der Waals surface area (Å²) in [6, 6.07) is 11.1. The maximum Gasteiger partial charge on any atom is 0.224 e. The molecule has 0 radical (unpaired) electrons. The fraction of sp³-hybridized carbons (Fsp3) is 0.350. The van der Waals surface area contributed by atoms with Crippen molar-refractivity contribution in [3.8, 4) is 23.0 Å². The van der Waals surface area contributed by atoms with E-state index in [9.17, 15) is 4.79 Å². The number of carbonyl (C=O) groups excluding carboxylic acids is 1. The van der Waals surface area contributed by atoms with Crippen LogP contribution in [0.15, 0.2) is 36.4 Å². The number of hydrogen-bond donors (Lipinski definition) is 1. The largest absolute Gasteiger partial charge is 0.493 e. The molecule has 1 heterocycles. The Balaban J connectivity index is 1.64. The molecule has 0 aromatic heterocycles. The van der Waals surface area contributed by atoms with Crippen molar-refractivity contribution in [2.75, 3.05) is 27.4 Å². The molecular weight excluding hydrogens is 334 g/mol. The summed E-state index contributed by atoms with van der Waals surface area (Å²) in [6.45, 7) is 3.04. The molecule has 1 unspecified atom stereocenters. The zero-order valence-corrected chi connectivity index (χ0v) is 15.2. The Morgan fingerprint density at radius 1 is 1.04 bits per heavy atom. The van der Waals surface area contributed by atoms with Gasteiger partial charge in [0, 0.05) is 0 Å². The lowest BCUT2D eigenvalue weighted by Crippen LogP contribution is -2.28. The third kappa shape index (κ3) is 4.02. The van der Waals surface area contributed by atoms with E-state index >= 15 is 0 Å². The first-order valence-electron chi connectivity index (χ1n) is 8.50. The number of carbonyl (C=O) groups is 1. The molecule has 0 saturated heterocycles. The van der Waals surface area contributed by atoms with Crippen molar-refractivity contribution in [2.24, 2.45) is 0 Å². The van der Waals surface area contributed by atoms with Gasteiger partial charge >= 0.3 is 0 Å². The van der Waals surface area contributed by atoms with Gasteiger partial charge in [-0.15, -0.1) is 0 Å². The second-order valence-electron chi connectivity index (χ2n) is 6.06. The summed E-state index contributed by atoms with van der Waals surface area (Å²) in [5, 5.41) is 3.01. The van der Waals surface area contributed by atoms with Gasteiger partial charge in [0.2, 0.25) is 5.91 Å². The van der Waals surface area contributed by atoms with Gasteiger partial charge in [-0.2, -0.15) is 0 Å². The van der Waals surface area contributed by atoms with Crippen LogP contribution in [0.2, 0.25) is 0 Å². The minimum atomic E-state index is -0.140. The van der Waals surface area contributed by atoms with Gasteiger partial charge in [-0.1, -0.05) is 12.1 Å². The molecule has 1 N–H and O–H groups in total. The van der Waals surface area contributed by atoms with Crippen LogP contribution in [0.5, 0.6) is 23.0 Å². The molecule has 0 spiro atoms. The zero-order valence-electron chi connectivity index (χ0n) is 15.2. The molecule has 0 aliphatic carbocycles. The molecule has 1 amide bonds. The normalized spacial score (nSPS) is 13.7. The summed E-state index contributed by atoms with van der Waals surface area (Å²) in [4.78, 5) is 12.4. The molecule has 138 valence electrons. The molecule has 6 nitrogen and oxygen atoms in total. The van der Waals surface area contributed by atoms with E-state index < -0.39 is 0 Å². The van der Waals surface area contributed by atoms with E-state index in [0.29, 0.717) is 24.7 Å². The molecule has 26 heavy (non-hydrogen) atoms. The second-order valence-corrected chi connectivity index (χ2v) is 6.06. The summed E-state index contributed by atoms with van der Waals surface area (Å²) in [5.41, 5.74) is 1.82. The average Bonchev–Trinajstić information content (AvgIpc) is 2.67. The van der Waals surface area contributed by atoms with Gasteiger partial charge in [0.25, 0.3) is 0 Å². The molecule has 1 atom stereocenters. The topological polar surface area (TPSA) is 66.0 Å². The Morgan fingerprint density at radius 3 is 2.50 bits per heavy atom. The molecule has 1 aliphatic rings. The first-order chi connectivity index (χ1) is 12.6. The predicted octanol–water partition coefficient (Wildman–Crippen LogP) is 2.89. The van der Waals surface area contributed by atoms with Crippen LogP contribution in [-0.4, -0.2) is 33.3 Å². The van der Waals surface area contributed by atoms with Crippen LogP contribution in [0.25, 0.3) is 0 Å².